The van der Waals surface area contributed by atoms with E-state index >= 15 is 0 Å². The number of rotatable bonds is 6. The van der Waals surface area contributed by atoms with Crippen molar-refractivity contribution in [2.75, 3.05) is 14.2 Å². The fourth-order valence-corrected chi connectivity index (χ4v) is 4.33. The Morgan fingerprint density at radius 3 is 1.64 bits per heavy atom. The van der Waals surface area contributed by atoms with E-state index in [0.717, 1.165) is 12.8 Å². The maximum Gasteiger partial charge on any atom is 0.161 e. The summed E-state index contributed by atoms with van der Waals surface area (Å²) in [6.07, 6.45) is 1.68. The lowest BCUT2D eigenvalue weighted by Crippen LogP contribution is -2.56. The van der Waals surface area contributed by atoms with Crippen molar-refractivity contribution in [2.24, 2.45) is 23.7 Å². The molecule has 5 heteroatoms. The van der Waals surface area contributed by atoms with Crippen LogP contribution in [0.4, 0.5) is 0 Å². The van der Waals surface area contributed by atoms with Gasteiger partial charge < -0.3 is 23.7 Å². The van der Waals surface area contributed by atoms with Crippen LogP contribution in [0.15, 0.2) is 0 Å². The molecule has 0 saturated carbocycles. The Balaban J connectivity index is 2.13. The summed E-state index contributed by atoms with van der Waals surface area (Å²) < 4.78 is 30.3. The fourth-order valence-electron chi connectivity index (χ4n) is 4.33. The zero-order valence-corrected chi connectivity index (χ0v) is 17.2. The third-order valence-corrected chi connectivity index (χ3v) is 6.50. The third kappa shape index (κ3) is 4.22. The maximum absolute atomic E-state index is 6.56. The molecular formula is C20H38O5. The minimum absolute atomic E-state index is 0.0163. The van der Waals surface area contributed by atoms with Crippen LogP contribution in [0.1, 0.15) is 54.4 Å². The third-order valence-electron chi connectivity index (χ3n) is 6.50. The zero-order chi connectivity index (χ0) is 18.7. The van der Waals surface area contributed by atoms with E-state index in [1.54, 1.807) is 14.2 Å². The van der Waals surface area contributed by atoms with Gasteiger partial charge in [-0.2, -0.15) is 0 Å². The molecule has 0 amide bonds. The molecule has 2 saturated heterocycles. The Kier molecular flexibility index (Phi) is 7.71. The van der Waals surface area contributed by atoms with Gasteiger partial charge in [0.1, 0.15) is 0 Å². The van der Waals surface area contributed by atoms with Gasteiger partial charge in [-0.3, -0.25) is 0 Å². The highest BCUT2D eigenvalue weighted by molar-refractivity contribution is 4.89. The van der Waals surface area contributed by atoms with E-state index in [2.05, 4.69) is 41.5 Å². The SMILES string of the molecule is CCC1O[C@@H](O[C@H]2C(C)C(C)[C@@H](OC)O[C@@H]2CC)C(C)[C@@H](C)[C@H]1OC. The van der Waals surface area contributed by atoms with Crippen molar-refractivity contribution in [1.82, 2.24) is 0 Å². The smallest absolute Gasteiger partial charge is 0.161 e. The van der Waals surface area contributed by atoms with Crippen LogP contribution in [0.25, 0.3) is 0 Å². The standard InChI is InChI=1S/C20H38O5/c1-9-15-17(21-7)11(3)14(6)20(24-15)25-18-12(4)13(5)19(22-8)23-16(18)10-2/h11-20H,9-10H2,1-8H3/t11-,12?,13?,14?,15?,16-,17-,18+,19+,20+/m1/s1. The summed E-state index contributed by atoms with van der Waals surface area (Å²) in [6.45, 7) is 13.1. The van der Waals surface area contributed by atoms with Crippen LogP contribution >= 0.6 is 0 Å². The van der Waals surface area contributed by atoms with Crippen molar-refractivity contribution in [3.05, 3.63) is 0 Å². The first kappa shape index (κ1) is 21.1. The first-order chi connectivity index (χ1) is 11.9. The fraction of sp³-hybridized carbons (Fsp3) is 1.00. The quantitative estimate of drug-likeness (QED) is 0.722. The molecule has 2 aliphatic rings. The van der Waals surface area contributed by atoms with E-state index in [9.17, 15) is 0 Å². The molecule has 0 aliphatic carbocycles. The lowest BCUT2D eigenvalue weighted by atomic mass is 9.82. The first-order valence-electron chi connectivity index (χ1n) is 9.91. The Labute approximate surface area is 153 Å². The highest BCUT2D eigenvalue weighted by atomic mass is 16.7. The molecule has 0 aromatic carbocycles. The Bertz CT molecular complexity index is 400. The average Bonchev–Trinajstić information content (AvgIpc) is 2.62. The van der Waals surface area contributed by atoms with Crippen LogP contribution in [0.2, 0.25) is 0 Å². The van der Waals surface area contributed by atoms with Gasteiger partial charge in [-0.15, -0.1) is 0 Å². The zero-order valence-electron chi connectivity index (χ0n) is 17.2. The van der Waals surface area contributed by atoms with E-state index < -0.39 is 0 Å². The van der Waals surface area contributed by atoms with E-state index in [4.69, 9.17) is 23.7 Å². The predicted octanol–water partition coefficient (Wildman–Crippen LogP) is 3.85. The van der Waals surface area contributed by atoms with Gasteiger partial charge in [-0.1, -0.05) is 41.5 Å². The number of methoxy groups -OCH3 is 2. The summed E-state index contributed by atoms with van der Waals surface area (Å²) in [4.78, 5) is 0. The van der Waals surface area contributed by atoms with Crippen molar-refractivity contribution < 1.29 is 23.7 Å². The summed E-state index contributed by atoms with van der Waals surface area (Å²) >= 11 is 0. The van der Waals surface area contributed by atoms with Gasteiger partial charge in [0, 0.05) is 26.1 Å². The second-order valence-electron chi connectivity index (χ2n) is 7.88. The van der Waals surface area contributed by atoms with E-state index in [1.165, 1.54) is 0 Å². The molecule has 2 fully saturated rings. The topological polar surface area (TPSA) is 46.2 Å². The summed E-state index contributed by atoms with van der Waals surface area (Å²) in [5, 5.41) is 0. The second kappa shape index (κ2) is 9.14. The van der Waals surface area contributed by atoms with Crippen molar-refractivity contribution in [1.29, 1.82) is 0 Å². The Morgan fingerprint density at radius 2 is 1.12 bits per heavy atom. The first-order valence-corrected chi connectivity index (χ1v) is 9.91. The minimum Gasteiger partial charge on any atom is -0.378 e. The average molecular weight is 359 g/mol. The molecule has 0 aromatic rings. The molecule has 0 radical (unpaired) electrons. The lowest BCUT2D eigenvalue weighted by Gasteiger charge is -2.49. The van der Waals surface area contributed by atoms with Crippen molar-refractivity contribution in [3.63, 3.8) is 0 Å². The van der Waals surface area contributed by atoms with E-state index in [-0.39, 0.29) is 48.8 Å². The molecule has 0 bridgehead atoms. The van der Waals surface area contributed by atoms with Gasteiger partial charge in [-0.05, 0) is 24.7 Å². The number of ether oxygens (including phenoxy) is 5. The van der Waals surface area contributed by atoms with Gasteiger partial charge >= 0.3 is 0 Å². The van der Waals surface area contributed by atoms with Crippen LogP contribution in [-0.4, -0.2) is 51.2 Å². The summed E-state index contributed by atoms with van der Waals surface area (Å²) in [5.41, 5.74) is 0. The van der Waals surface area contributed by atoms with Crippen molar-refractivity contribution in [3.8, 4) is 0 Å². The maximum atomic E-state index is 6.56. The highest BCUT2D eigenvalue weighted by Crippen LogP contribution is 2.39. The van der Waals surface area contributed by atoms with Crippen LogP contribution < -0.4 is 0 Å². The molecule has 0 N–H and O–H groups in total. The van der Waals surface area contributed by atoms with E-state index in [0.29, 0.717) is 11.8 Å². The molecule has 4 unspecified atom stereocenters. The van der Waals surface area contributed by atoms with Crippen molar-refractivity contribution in [2.45, 2.75) is 91.4 Å². The van der Waals surface area contributed by atoms with Crippen LogP contribution in [-0.2, 0) is 23.7 Å². The van der Waals surface area contributed by atoms with Crippen molar-refractivity contribution >= 4 is 0 Å². The van der Waals surface area contributed by atoms with Gasteiger partial charge in [0.15, 0.2) is 12.6 Å². The molecule has 2 heterocycles. The largest absolute Gasteiger partial charge is 0.378 e. The van der Waals surface area contributed by atoms with Gasteiger partial charge in [0.05, 0.1) is 24.4 Å². The van der Waals surface area contributed by atoms with Gasteiger partial charge in [0.25, 0.3) is 0 Å². The molecule has 25 heavy (non-hydrogen) atoms. The monoisotopic (exact) mass is 358 g/mol. The molecule has 0 spiro atoms. The summed E-state index contributed by atoms with van der Waals surface area (Å²) in [5.74, 6) is 1.28. The predicted molar refractivity (Wildman–Crippen MR) is 97.2 cm³/mol. The molecule has 5 nitrogen and oxygen atoms in total. The highest BCUT2D eigenvalue weighted by Gasteiger charge is 2.47. The Hall–Kier alpha value is -0.200. The van der Waals surface area contributed by atoms with Crippen LogP contribution in [0.3, 0.4) is 0 Å². The van der Waals surface area contributed by atoms with E-state index in [1.807, 2.05) is 0 Å². The molecular weight excluding hydrogens is 320 g/mol. The molecule has 10 atom stereocenters. The molecule has 148 valence electrons. The van der Waals surface area contributed by atoms with Crippen LogP contribution in [0, 0.1) is 23.7 Å². The summed E-state index contributed by atoms with van der Waals surface area (Å²) in [6, 6.07) is 0. The number of hydrogen-bond donors (Lipinski definition) is 0. The lowest BCUT2D eigenvalue weighted by molar-refractivity contribution is -0.326. The van der Waals surface area contributed by atoms with Gasteiger partial charge in [-0.25, -0.2) is 0 Å². The van der Waals surface area contributed by atoms with Crippen LogP contribution in [0.5, 0.6) is 0 Å². The Morgan fingerprint density at radius 1 is 0.640 bits per heavy atom. The van der Waals surface area contributed by atoms with Gasteiger partial charge in [0.2, 0.25) is 0 Å². The second-order valence-corrected chi connectivity index (χ2v) is 7.88. The molecule has 2 rings (SSSR count). The molecule has 0 aromatic heterocycles. The number of hydrogen-bond acceptors (Lipinski definition) is 5. The molecule has 2 aliphatic heterocycles. The normalized spacial score (nSPS) is 48.5. The minimum atomic E-state index is -0.220. The summed E-state index contributed by atoms with van der Waals surface area (Å²) in [7, 11) is 3.49.